The van der Waals surface area contributed by atoms with Crippen molar-refractivity contribution in [1.82, 2.24) is 0 Å². The number of aliphatic hydroxyl groups excluding tert-OH is 1. The van der Waals surface area contributed by atoms with Crippen LogP contribution in [0.1, 0.15) is 415 Å². The molecular weight excluding hydrogens is 1310 g/mol. The summed E-state index contributed by atoms with van der Waals surface area (Å²) in [7, 11) is -9.92. The fraction of sp³-hybridized carbons (Fsp3) is 0.951. The molecule has 594 valence electrons. The van der Waals surface area contributed by atoms with Gasteiger partial charge in [0.25, 0.3) is 0 Å². The second-order valence-electron chi connectivity index (χ2n) is 30.6. The Morgan fingerprint density at radius 3 is 0.710 bits per heavy atom. The van der Waals surface area contributed by atoms with Gasteiger partial charge in [-0.15, -0.1) is 0 Å². The molecule has 0 aromatic carbocycles. The number of esters is 4. The summed E-state index contributed by atoms with van der Waals surface area (Å²) in [5.41, 5.74) is 0. The van der Waals surface area contributed by atoms with Crippen LogP contribution in [-0.2, 0) is 65.4 Å². The van der Waals surface area contributed by atoms with Gasteiger partial charge in [0.2, 0.25) is 0 Å². The minimum atomic E-state index is -4.96. The number of ether oxygens (including phenoxy) is 4. The van der Waals surface area contributed by atoms with Crippen molar-refractivity contribution in [2.45, 2.75) is 433 Å². The molecule has 0 aliphatic rings. The molecule has 0 fully saturated rings. The van der Waals surface area contributed by atoms with Crippen molar-refractivity contribution in [1.29, 1.82) is 0 Å². The van der Waals surface area contributed by atoms with E-state index in [1.165, 1.54) is 218 Å². The van der Waals surface area contributed by atoms with Gasteiger partial charge in [0.1, 0.15) is 19.3 Å². The van der Waals surface area contributed by atoms with Crippen molar-refractivity contribution in [3.63, 3.8) is 0 Å². The normalized spacial score (nSPS) is 14.6. The van der Waals surface area contributed by atoms with Gasteiger partial charge in [-0.05, 0) is 49.4 Å². The van der Waals surface area contributed by atoms with Crippen LogP contribution in [0.25, 0.3) is 0 Å². The number of carbonyl (C=O) groups excluding carboxylic acids is 4. The Morgan fingerprint density at radius 2 is 0.480 bits per heavy atom. The van der Waals surface area contributed by atoms with Crippen molar-refractivity contribution in [3.8, 4) is 0 Å². The lowest BCUT2D eigenvalue weighted by atomic mass is 9.99. The van der Waals surface area contributed by atoms with Crippen LogP contribution in [0.4, 0.5) is 0 Å². The molecule has 0 radical (unpaired) electrons. The third-order valence-electron chi connectivity index (χ3n) is 19.5. The molecule has 19 heteroatoms. The van der Waals surface area contributed by atoms with Crippen LogP contribution >= 0.6 is 15.6 Å². The summed E-state index contributed by atoms with van der Waals surface area (Å²) in [6, 6.07) is 0. The van der Waals surface area contributed by atoms with Crippen molar-refractivity contribution >= 4 is 39.5 Å². The molecule has 0 aliphatic carbocycles. The number of aliphatic hydroxyl groups is 1. The second-order valence-corrected chi connectivity index (χ2v) is 33.5. The highest BCUT2D eigenvalue weighted by Gasteiger charge is 2.30. The standard InChI is InChI=1S/C81H158O17P2/c1-9-73(7)59-51-43-35-29-31-38-46-54-62-79(84)92-68-77(98-81(86)64-56-48-40-32-30-36-44-52-60-74(8)10-2)70-96-100(89,90)94-66-75(82)65-93-99(87,88)95-69-76(67-91-78(83)61-53-45-37-27-23-20-19-22-26-34-42-50-58-72(5)6)97-80(85)63-55-47-39-28-24-18-16-14-12-11-13-15-17-21-25-33-41-49-57-71(3)4/h71-77,82H,9-70H2,1-8H3,(H,87,88)(H,89,90)/t73?,74?,75-,76-,77-/m1/s1. The smallest absolute Gasteiger partial charge is 0.462 e. The maximum absolute atomic E-state index is 13.1. The summed E-state index contributed by atoms with van der Waals surface area (Å²) in [6.45, 7) is 14.3. The van der Waals surface area contributed by atoms with E-state index in [0.717, 1.165) is 114 Å². The van der Waals surface area contributed by atoms with Gasteiger partial charge in [-0.3, -0.25) is 37.3 Å². The largest absolute Gasteiger partial charge is 0.472 e. The van der Waals surface area contributed by atoms with Gasteiger partial charge in [-0.1, -0.05) is 364 Å². The van der Waals surface area contributed by atoms with Crippen molar-refractivity contribution < 1.29 is 80.2 Å². The molecule has 0 bridgehead atoms. The second kappa shape index (κ2) is 70.1. The number of unbranched alkanes of at least 4 members (excludes halogenated alkanes) is 42. The van der Waals surface area contributed by atoms with Crippen LogP contribution in [0.3, 0.4) is 0 Å². The van der Waals surface area contributed by atoms with Crippen molar-refractivity contribution in [2.75, 3.05) is 39.6 Å². The van der Waals surface area contributed by atoms with E-state index < -0.39 is 97.5 Å². The Morgan fingerprint density at radius 1 is 0.280 bits per heavy atom. The Balaban J connectivity index is 5.24. The maximum Gasteiger partial charge on any atom is 0.472 e. The number of phosphoric ester groups is 2. The van der Waals surface area contributed by atoms with E-state index in [-0.39, 0.29) is 25.7 Å². The monoisotopic (exact) mass is 1470 g/mol. The molecule has 4 unspecified atom stereocenters. The highest BCUT2D eigenvalue weighted by Crippen LogP contribution is 2.45. The van der Waals surface area contributed by atoms with Crippen LogP contribution in [0.15, 0.2) is 0 Å². The fourth-order valence-electron chi connectivity index (χ4n) is 12.4. The average Bonchev–Trinajstić information content (AvgIpc) is 0.932. The minimum Gasteiger partial charge on any atom is -0.462 e. The van der Waals surface area contributed by atoms with Crippen LogP contribution in [0.2, 0.25) is 0 Å². The Labute approximate surface area is 613 Å². The molecule has 0 amide bonds. The first-order valence-electron chi connectivity index (χ1n) is 41.8. The van der Waals surface area contributed by atoms with Gasteiger partial charge in [-0.2, -0.15) is 0 Å². The Kier molecular flexibility index (Phi) is 68.7. The molecule has 3 N–H and O–H groups in total. The maximum atomic E-state index is 13.1. The predicted octanol–water partition coefficient (Wildman–Crippen LogP) is 24.0. The molecule has 100 heavy (non-hydrogen) atoms. The van der Waals surface area contributed by atoms with Gasteiger partial charge in [0.15, 0.2) is 12.2 Å². The van der Waals surface area contributed by atoms with Gasteiger partial charge >= 0.3 is 39.5 Å². The van der Waals surface area contributed by atoms with E-state index in [0.29, 0.717) is 25.7 Å². The van der Waals surface area contributed by atoms with Crippen LogP contribution in [-0.4, -0.2) is 96.7 Å². The minimum absolute atomic E-state index is 0.104. The zero-order valence-electron chi connectivity index (χ0n) is 65.8. The van der Waals surface area contributed by atoms with Gasteiger partial charge in [-0.25, -0.2) is 9.13 Å². The first-order chi connectivity index (χ1) is 48.2. The van der Waals surface area contributed by atoms with Crippen molar-refractivity contribution in [3.05, 3.63) is 0 Å². The number of phosphoric acid groups is 2. The summed E-state index contributed by atoms with van der Waals surface area (Å²) in [5.74, 6) is 1.03. The van der Waals surface area contributed by atoms with E-state index in [9.17, 15) is 43.2 Å². The molecule has 0 spiro atoms. The summed E-state index contributed by atoms with van der Waals surface area (Å²) in [5, 5.41) is 10.6. The molecule has 17 nitrogen and oxygen atoms in total. The van der Waals surface area contributed by atoms with E-state index in [1.807, 2.05) is 0 Å². The number of hydrogen-bond acceptors (Lipinski definition) is 15. The van der Waals surface area contributed by atoms with E-state index in [1.54, 1.807) is 0 Å². The molecule has 0 heterocycles. The summed E-state index contributed by atoms with van der Waals surface area (Å²) < 4.78 is 68.7. The lowest BCUT2D eigenvalue weighted by molar-refractivity contribution is -0.161. The summed E-state index contributed by atoms with van der Waals surface area (Å²) in [6.07, 6.45) is 56.8. The predicted molar refractivity (Wildman–Crippen MR) is 409 cm³/mol. The van der Waals surface area contributed by atoms with Crippen LogP contribution < -0.4 is 0 Å². The van der Waals surface area contributed by atoms with Crippen LogP contribution in [0.5, 0.6) is 0 Å². The molecule has 0 rings (SSSR count). The first kappa shape index (κ1) is 98.1. The molecule has 0 aromatic heterocycles. The SMILES string of the molecule is CCC(C)CCCCCCCCCCC(=O)OC[C@H](COP(=O)(O)OC[C@H](O)COP(=O)(O)OC[C@@H](COC(=O)CCCCCCCCCCCCCCC(C)C)OC(=O)CCCCCCCCCCCCCCCCCCCCC(C)C)OC(=O)CCCCCCCCCCC(C)CC. The molecule has 0 saturated heterocycles. The number of rotatable bonds is 78. The van der Waals surface area contributed by atoms with E-state index >= 15 is 0 Å². The number of hydrogen-bond donors (Lipinski definition) is 3. The first-order valence-corrected chi connectivity index (χ1v) is 44.8. The van der Waals surface area contributed by atoms with Gasteiger partial charge in [0.05, 0.1) is 26.4 Å². The summed E-state index contributed by atoms with van der Waals surface area (Å²) >= 11 is 0. The zero-order chi connectivity index (χ0) is 73.8. The topological polar surface area (TPSA) is 237 Å². The lowest BCUT2D eigenvalue weighted by Gasteiger charge is -2.21. The van der Waals surface area contributed by atoms with Gasteiger partial charge in [0, 0.05) is 25.7 Å². The molecule has 0 aliphatic heterocycles. The quantitative estimate of drug-likeness (QED) is 0.0222. The molecule has 7 atom stereocenters. The molecule has 0 aromatic rings. The van der Waals surface area contributed by atoms with Crippen LogP contribution in [0, 0.1) is 23.7 Å². The molecule has 0 saturated carbocycles. The highest BCUT2D eigenvalue weighted by atomic mass is 31.2. The third kappa shape index (κ3) is 71.7. The third-order valence-corrected chi connectivity index (χ3v) is 21.4. The van der Waals surface area contributed by atoms with E-state index in [2.05, 4.69) is 55.4 Å². The van der Waals surface area contributed by atoms with E-state index in [4.69, 9.17) is 37.0 Å². The molecular formula is C81H158O17P2. The van der Waals surface area contributed by atoms with Gasteiger partial charge < -0.3 is 33.8 Å². The lowest BCUT2D eigenvalue weighted by Crippen LogP contribution is -2.30. The fourth-order valence-corrected chi connectivity index (χ4v) is 13.9. The Hall–Kier alpha value is -1.94. The average molecular weight is 1470 g/mol. The zero-order valence-corrected chi connectivity index (χ0v) is 67.6. The van der Waals surface area contributed by atoms with Crippen molar-refractivity contribution in [2.24, 2.45) is 23.7 Å². The highest BCUT2D eigenvalue weighted by molar-refractivity contribution is 7.47. The number of carbonyl (C=O) groups is 4. The summed E-state index contributed by atoms with van der Waals surface area (Å²) in [4.78, 5) is 73.0. The Bertz CT molecular complexity index is 1960.